The second kappa shape index (κ2) is 28.2. The number of hydrogen-bond donors (Lipinski definition) is 0. The van der Waals surface area contributed by atoms with Crippen LogP contribution in [0.3, 0.4) is 0 Å². The molecule has 0 amide bonds. The van der Waals surface area contributed by atoms with Crippen LogP contribution in [0.4, 0.5) is 0 Å². The molecule has 45 heavy (non-hydrogen) atoms. The molecular formula is C40H90BrN4+3. The SMILES string of the molecule is C[N+](C)(C)CCCCCCCCCC[N+](C)(C)CCCCCCCCCC[N+](C)(C)CCCCCCCCCC[N+](C)(C)C.[Br-]. The van der Waals surface area contributed by atoms with E-state index in [-0.39, 0.29) is 17.0 Å². The van der Waals surface area contributed by atoms with Crippen molar-refractivity contribution in [1.29, 1.82) is 0 Å². The fourth-order valence-electron chi connectivity index (χ4n) is 6.74. The molecule has 0 aliphatic heterocycles. The standard InChI is InChI=1S/C40H90N4.BrH/c1-41(2,3)35-29-23-17-11-13-19-25-31-37-43(7,8)39-33-27-21-15-16-22-28-34-40-44(9,10)38-32-26-20-14-12-18-24-30-36-42(4,5)6;/h11-40H2,1-10H3;1H/q+4;/p-1. The van der Waals surface area contributed by atoms with Crippen LogP contribution < -0.4 is 17.0 Å². The van der Waals surface area contributed by atoms with Gasteiger partial charge in [0, 0.05) is 0 Å². The van der Waals surface area contributed by atoms with Crippen molar-refractivity contribution in [3.8, 4) is 0 Å². The molecule has 0 radical (unpaired) electrons. The van der Waals surface area contributed by atoms with Gasteiger partial charge in [-0.1, -0.05) is 77.0 Å². The average molecular weight is 707 g/mol. The van der Waals surface area contributed by atoms with Crippen molar-refractivity contribution >= 4 is 0 Å². The second-order valence-corrected chi connectivity index (χ2v) is 18.3. The van der Waals surface area contributed by atoms with Crippen molar-refractivity contribution in [3.63, 3.8) is 0 Å². The fraction of sp³-hybridized carbons (Fsp3) is 1.00. The van der Waals surface area contributed by atoms with E-state index in [2.05, 4.69) is 70.5 Å². The van der Waals surface area contributed by atoms with Crippen LogP contribution in [-0.4, -0.2) is 128 Å². The lowest BCUT2D eigenvalue weighted by Crippen LogP contribution is -3.00. The number of halogens is 1. The highest BCUT2D eigenvalue weighted by atomic mass is 79.9. The highest BCUT2D eigenvalue weighted by Gasteiger charge is 2.15. The van der Waals surface area contributed by atoms with E-state index < -0.39 is 0 Å². The van der Waals surface area contributed by atoms with Gasteiger partial charge in [-0.3, -0.25) is 0 Å². The number of rotatable bonds is 33. The molecule has 0 aromatic rings. The van der Waals surface area contributed by atoms with Crippen LogP contribution in [0.15, 0.2) is 0 Å². The van der Waals surface area contributed by atoms with Gasteiger partial charge in [0.15, 0.2) is 0 Å². The Morgan fingerprint density at radius 2 is 0.333 bits per heavy atom. The summed E-state index contributed by atoms with van der Waals surface area (Å²) in [6, 6.07) is 0. The quantitative estimate of drug-likeness (QED) is 0.0514. The van der Waals surface area contributed by atoms with Crippen LogP contribution >= 0.6 is 0 Å². The minimum Gasteiger partial charge on any atom is -1.00 e. The summed E-state index contributed by atoms with van der Waals surface area (Å²) >= 11 is 0. The van der Waals surface area contributed by atoms with E-state index in [0.29, 0.717) is 0 Å². The molecule has 0 fully saturated rings. The fourth-order valence-corrected chi connectivity index (χ4v) is 6.74. The van der Waals surface area contributed by atoms with Gasteiger partial charge in [-0.15, -0.1) is 0 Å². The molecule has 0 rings (SSSR count). The van der Waals surface area contributed by atoms with Gasteiger partial charge >= 0.3 is 0 Å². The Bertz CT molecular complexity index is 567. The van der Waals surface area contributed by atoms with Crippen molar-refractivity contribution in [2.75, 3.05) is 110 Å². The zero-order chi connectivity index (χ0) is 33.2. The summed E-state index contributed by atoms with van der Waals surface area (Å²) in [7, 11) is 23.7. The van der Waals surface area contributed by atoms with Gasteiger partial charge in [-0.2, -0.15) is 0 Å². The number of quaternary nitrogens is 4. The van der Waals surface area contributed by atoms with E-state index in [1.54, 1.807) is 0 Å². The maximum atomic E-state index is 2.46. The molecule has 0 spiro atoms. The molecule has 0 heterocycles. The molecule has 4 nitrogen and oxygen atoms in total. The predicted molar refractivity (Wildman–Crippen MR) is 200 cm³/mol. The Labute approximate surface area is 297 Å². The second-order valence-electron chi connectivity index (χ2n) is 18.3. The van der Waals surface area contributed by atoms with Crippen LogP contribution in [0.2, 0.25) is 0 Å². The van der Waals surface area contributed by atoms with E-state index in [9.17, 15) is 0 Å². The molecule has 0 saturated heterocycles. The van der Waals surface area contributed by atoms with Gasteiger partial charge in [0.1, 0.15) is 0 Å². The summed E-state index contributed by atoms with van der Waals surface area (Å²) < 4.78 is 4.70. The molecule has 5 heteroatoms. The van der Waals surface area contributed by atoms with Gasteiger partial charge in [-0.25, -0.2) is 0 Å². The summed E-state index contributed by atoms with van der Waals surface area (Å²) in [5.41, 5.74) is 0. The lowest BCUT2D eigenvalue weighted by atomic mass is 10.1. The summed E-state index contributed by atoms with van der Waals surface area (Å²) in [5, 5.41) is 0. The van der Waals surface area contributed by atoms with Crippen LogP contribution in [0.5, 0.6) is 0 Å². The zero-order valence-corrected chi connectivity index (χ0v) is 35.0. The first-order valence-electron chi connectivity index (χ1n) is 19.9. The third-order valence-corrected chi connectivity index (χ3v) is 9.96. The Morgan fingerprint density at radius 3 is 0.489 bits per heavy atom. The first-order chi connectivity index (χ1) is 20.6. The summed E-state index contributed by atoms with van der Waals surface area (Å²) in [4.78, 5) is 0. The van der Waals surface area contributed by atoms with E-state index >= 15 is 0 Å². The molecule has 0 aromatic heterocycles. The lowest BCUT2D eigenvalue weighted by Gasteiger charge is -2.30. The van der Waals surface area contributed by atoms with Crippen LogP contribution in [0.1, 0.15) is 154 Å². The normalized spacial score (nSPS) is 12.9. The van der Waals surface area contributed by atoms with Gasteiger partial charge in [0.05, 0.1) is 110 Å². The molecular weight excluding hydrogens is 616 g/mol. The Morgan fingerprint density at radius 1 is 0.200 bits per heavy atom. The first kappa shape index (κ1) is 47.4. The summed E-state index contributed by atoms with van der Waals surface area (Å²) in [6.45, 7) is 8.13. The monoisotopic (exact) mass is 706 g/mol. The van der Waals surface area contributed by atoms with Crippen molar-refractivity contribution in [2.45, 2.75) is 154 Å². The Kier molecular flexibility index (Phi) is 29.7. The van der Waals surface area contributed by atoms with Gasteiger partial charge < -0.3 is 34.9 Å². The topological polar surface area (TPSA) is 0 Å². The third kappa shape index (κ3) is 38.6. The highest BCUT2D eigenvalue weighted by Crippen LogP contribution is 2.15. The first-order valence-corrected chi connectivity index (χ1v) is 19.9. The maximum absolute atomic E-state index is 2.46. The molecule has 0 unspecified atom stereocenters. The Hall–Kier alpha value is 0.320. The van der Waals surface area contributed by atoms with Gasteiger partial charge in [0.2, 0.25) is 0 Å². The van der Waals surface area contributed by atoms with Gasteiger partial charge in [0.25, 0.3) is 0 Å². The highest BCUT2D eigenvalue weighted by molar-refractivity contribution is 4.51. The largest absolute Gasteiger partial charge is 1.00 e. The number of nitrogens with zero attached hydrogens (tertiary/aromatic N) is 4. The molecule has 0 bridgehead atoms. The molecule has 0 saturated carbocycles. The molecule has 0 atom stereocenters. The van der Waals surface area contributed by atoms with E-state index in [1.165, 1.54) is 202 Å². The van der Waals surface area contributed by atoms with Crippen LogP contribution in [-0.2, 0) is 0 Å². The molecule has 274 valence electrons. The number of hydrogen-bond acceptors (Lipinski definition) is 0. The van der Waals surface area contributed by atoms with Crippen molar-refractivity contribution in [1.82, 2.24) is 0 Å². The molecule has 0 aliphatic rings. The molecule has 0 aliphatic carbocycles. The lowest BCUT2D eigenvalue weighted by molar-refractivity contribution is -0.890. The van der Waals surface area contributed by atoms with Crippen LogP contribution in [0, 0.1) is 0 Å². The zero-order valence-electron chi connectivity index (χ0n) is 33.4. The third-order valence-electron chi connectivity index (χ3n) is 9.96. The summed E-state index contributed by atoms with van der Waals surface area (Å²) in [6.07, 6.45) is 34.5. The summed E-state index contributed by atoms with van der Waals surface area (Å²) in [5.74, 6) is 0. The van der Waals surface area contributed by atoms with Crippen molar-refractivity contribution < 1.29 is 34.9 Å². The van der Waals surface area contributed by atoms with Crippen molar-refractivity contribution in [2.24, 2.45) is 0 Å². The Balaban J connectivity index is 0. The minimum atomic E-state index is 0. The average Bonchev–Trinajstić information content (AvgIpc) is 2.90. The number of unbranched alkanes of at least 4 members (excludes halogenated alkanes) is 21. The van der Waals surface area contributed by atoms with Gasteiger partial charge in [-0.05, 0) is 77.0 Å². The van der Waals surface area contributed by atoms with Crippen molar-refractivity contribution in [3.05, 3.63) is 0 Å². The smallest absolute Gasteiger partial charge is 0.0782 e. The molecule has 0 N–H and O–H groups in total. The minimum absolute atomic E-state index is 0. The van der Waals surface area contributed by atoms with E-state index in [1.807, 2.05) is 0 Å². The molecule has 0 aromatic carbocycles. The maximum Gasteiger partial charge on any atom is 0.0782 e. The van der Waals surface area contributed by atoms with E-state index in [4.69, 9.17) is 0 Å². The predicted octanol–water partition coefficient (Wildman–Crippen LogP) is 6.92. The van der Waals surface area contributed by atoms with E-state index in [0.717, 1.165) is 8.97 Å². The van der Waals surface area contributed by atoms with Crippen LogP contribution in [0.25, 0.3) is 0 Å².